The summed E-state index contributed by atoms with van der Waals surface area (Å²) < 4.78 is 2.78. The molecule has 158 valence electrons. The zero-order valence-corrected chi connectivity index (χ0v) is 18.5. The average molecular weight is 462 g/mol. The molecule has 0 fully saturated rings. The molecule has 32 heavy (non-hydrogen) atoms. The topological polar surface area (TPSA) is 82.7 Å². The Bertz CT molecular complexity index is 1610. The van der Waals surface area contributed by atoms with Crippen molar-refractivity contribution in [2.24, 2.45) is 0 Å². The van der Waals surface area contributed by atoms with E-state index in [-0.39, 0.29) is 17.0 Å². The standard InChI is InChI=1S/C23H16ClN5O2S/c1-14-10-11-15(12-18(14)24)29-22(31)16-6-2-4-8-19(16)25-23(29)32-13-28-21(30)17-7-3-5-9-20(17)26-27-28/h2-12H,13H2,1H3. The monoisotopic (exact) mass is 461 g/mol. The van der Waals surface area contributed by atoms with E-state index in [1.54, 1.807) is 48.5 Å². The molecule has 0 atom stereocenters. The lowest BCUT2D eigenvalue weighted by atomic mass is 10.2. The first-order chi connectivity index (χ1) is 15.5. The summed E-state index contributed by atoms with van der Waals surface area (Å²) in [6, 6.07) is 19.6. The molecule has 2 heterocycles. The number of aromatic nitrogens is 5. The molecule has 0 aliphatic carbocycles. The molecule has 2 aromatic heterocycles. The number of hydrogen-bond donors (Lipinski definition) is 0. The Balaban J connectivity index is 1.63. The van der Waals surface area contributed by atoms with E-state index in [0.29, 0.717) is 37.7 Å². The second kappa shape index (κ2) is 8.22. The Hall–Kier alpha value is -3.49. The fraction of sp³-hybridized carbons (Fsp3) is 0.0870. The van der Waals surface area contributed by atoms with Crippen molar-refractivity contribution in [2.75, 3.05) is 0 Å². The molecule has 0 amide bonds. The predicted molar refractivity (Wildman–Crippen MR) is 127 cm³/mol. The number of halogens is 1. The van der Waals surface area contributed by atoms with E-state index < -0.39 is 0 Å². The lowest BCUT2D eigenvalue weighted by Gasteiger charge is -2.14. The highest BCUT2D eigenvalue weighted by Gasteiger charge is 2.15. The minimum absolute atomic E-state index is 0.140. The van der Waals surface area contributed by atoms with E-state index in [9.17, 15) is 9.59 Å². The third-order valence-electron chi connectivity index (χ3n) is 5.10. The van der Waals surface area contributed by atoms with Crippen LogP contribution in [0.15, 0.2) is 81.5 Å². The van der Waals surface area contributed by atoms with Crippen molar-refractivity contribution < 1.29 is 0 Å². The van der Waals surface area contributed by atoms with Crippen LogP contribution in [0.1, 0.15) is 5.56 Å². The van der Waals surface area contributed by atoms with Gasteiger partial charge in [-0.2, -0.15) is 4.68 Å². The van der Waals surface area contributed by atoms with E-state index in [1.807, 2.05) is 25.1 Å². The average Bonchev–Trinajstić information content (AvgIpc) is 2.81. The van der Waals surface area contributed by atoms with Gasteiger partial charge in [-0.3, -0.25) is 14.2 Å². The summed E-state index contributed by atoms with van der Waals surface area (Å²) in [6.45, 7) is 1.90. The minimum atomic E-state index is -0.254. The summed E-state index contributed by atoms with van der Waals surface area (Å²) in [4.78, 5) is 30.9. The number of fused-ring (bicyclic) bond motifs is 2. The predicted octanol–water partition coefficient (Wildman–Crippen LogP) is 4.20. The van der Waals surface area contributed by atoms with E-state index in [4.69, 9.17) is 16.6 Å². The van der Waals surface area contributed by atoms with Gasteiger partial charge in [0, 0.05) is 5.02 Å². The molecule has 0 bridgehead atoms. The van der Waals surface area contributed by atoms with Crippen LogP contribution in [0.5, 0.6) is 0 Å². The van der Waals surface area contributed by atoms with Gasteiger partial charge in [-0.25, -0.2) is 4.98 Å². The minimum Gasteiger partial charge on any atom is -0.268 e. The van der Waals surface area contributed by atoms with Gasteiger partial charge in [0.2, 0.25) is 0 Å². The Morgan fingerprint density at radius 3 is 2.34 bits per heavy atom. The number of hydrogen-bond acceptors (Lipinski definition) is 6. The molecule has 0 N–H and O–H groups in total. The maximum atomic E-state index is 13.4. The highest BCUT2D eigenvalue weighted by Crippen LogP contribution is 2.25. The summed E-state index contributed by atoms with van der Waals surface area (Å²) in [5, 5.41) is 10.1. The number of benzene rings is 3. The van der Waals surface area contributed by atoms with Gasteiger partial charge in [0.1, 0.15) is 5.52 Å². The van der Waals surface area contributed by atoms with Crippen LogP contribution in [-0.4, -0.2) is 24.5 Å². The number of para-hydroxylation sites is 1. The van der Waals surface area contributed by atoms with Gasteiger partial charge >= 0.3 is 0 Å². The number of thioether (sulfide) groups is 1. The van der Waals surface area contributed by atoms with Crippen molar-refractivity contribution in [2.45, 2.75) is 18.0 Å². The fourth-order valence-corrected chi connectivity index (χ4v) is 4.45. The van der Waals surface area contributed by atoms with Gasteiger partial charge in [-0.1, -0.05) is 58.9 Å². The first-order valence-corrected chi connectivity index (χ1v) is 11.1. The van der Waals surface area contributed by atoms with Crippen molar-refractivity contribution in [3.8, 4) is 5.69 Å². The van der Waals surface area contributed by atoms with Gasteiger partial charge in [0.05, 0.1) is 27.9 Å². The van der Waals surface area contributed by atoms with Crippen molar-refractivity contribution in [3.63, 3.8) is 0 Å². The summed E-state index contributed by atoms with van der Waals surface area (Å²) in [7, 11) is 0. The Labute approximate surface area is 191 Å². The Morgan fingerprint density at radius 2 is 1.59 bits per heavy atom. The third-order valence-corrected chi connectivity index (χ3v) is 6.42. The molecule has 0 unspecified atom stereocenters. The van der Waals surface area contributed by atoms with Crippen LogP contribution in [0.2, 0.25) is 5.02 Å². The molecule has 5 aromatic rings. The lowest BCUT2D eigenvalue weighted by Crippen LogP contribution is -2.25. The second-order valence-electron chi connectivity index (χ2n) is 7.17. The largest absolute Gasteiger partial charge is 0.278 e. The maximum absolute atomic E-state index is 13.4. The molecule has 9 heteroatoms. The van der Waals surface area contributed by atoms with E-state index in [2.05, 4.69) is 10.3 Å². The molecule has 0 saturated carbocycles. The van der Waals surface area contributed by atoms with E-state index in [1.165, 1.54) is 21.0 Å². The van der Waals surface area contributed by atoms with Crippen molar-refractivity contribution in [1.82, 2.24) is 24.5 Å². The fourth-order valence-electron chi connectivity index (χ4n) is 3.38. The van der Waals surface area contributed by atoms with Gasteiger partial charge in [0.25, 0.3) is 11.1 Å². The summed E-state index contributed by atoms with van der Waals surface area (Å²) >= 11 is 7.56. The highest BCUT2D eigenvalue weighted by molar-refractivity contribution is 7.98. The van der Waals surface area contributed by atoms with Gasteiger partial charge in [-0.15, -0.1) is 5.10 Å². The molecule has 7 nitrogen and oxygen atoms in total. The maximum Gasteiger partial charge on any atom is 0.278 e. The van der Waals surface area contributed by atoms with Gasteiger partial charge < -0.3 is 0 Å². The Morgan fingerprint density at radius 1 is 0.906 bits per heavy atom. The normalized spacial score (nSPS) is 11.3. The molecule has 0 spiro atoms. The SMILES string of the molecule is Cc1ccc(-n2c(SCn3nnc4ccccc4c3=O)nc3ccccc3c2=O)cc1Cl. The van der Waals surface area contributed by atoms with Crippen LogP contribution < -0.4 is 11.1 Å². The summed E-state index contributed by atoms with van der Waals surface area (Å²) in [5.41, 5.74) is 2.15. The molecule has 0 radical (unpaired) electrons. The molecule has 0 aliphatic heterocycles. The highest BCUT2D eigenvalue weighted by atomic mass is 35.5. The second-order valence-corrected chi connectivity index (χ2v) is 8.49. The molecule has 3 aromatic carbocycles. The molecule has 0 aliphatic rings. The van der Waals surface area contributed by atoms with Crippen molar-refractivity contribution in [3.05, 3.63) is 98.0 Å². The molecular weight excluding hydrogens is 446 g/mol. The Kier molecular flexibility index (Phi) is 5.24. The molecule has 5 rings (SSSR count). The zero-order valence-electron chi connectivity index (χ0n) is 16.9. The lowest BCUT2D eigenvalue weighted by molar-refractivity contribution is 0.642. The van der Waals surface area contributed by atoms with Crippen molar-refractivity contribution in [1.29, 1.82) is 0 Å². The van der Waals surface area contributed by atoms with E-state index in [0.717, 1.165) is 5.56 Å². The third kappa shape index (κ3) is 3.57. The van der Waals surface area contributed by atoms with Crippen LogP contribution in [0.3, 0.4) is 0 Å². The number of nitrogens with zero attached hydrogens (tertiary/aromatic N) is 5. The summed E-state index contributed by atoms with van der Waals surface area (Å²) in [6.07, 6.45) is 0. The van der Waals surface area contributed by atoms with Crippen LogP contribution in [0.25, 0.3) is 27.5 Å². The van der Waals surface area contributed by atoms with Crippen molar-refractivity contribution >= 4 is 45.2 Å². The first-order valence-electron chi connectivity index (χ1n) is 9.76. The summed E-state index contributed by atoms with van der Waals surface area (Å²) in [5.74, 6) is 0.140. The van der Waals surface area contributed by atoms with Gasteiger partial charge in [-0.05, 0) is 48.9 Å². The zero-order chi connectivity index (χ0) is 22.2. The molecular formula is C23H16ClN5O2S. The quantitative estimate of drug-likeness (QED) is 0.294. The van der Waals surface area contributed by atoms with Crippen LogP contribution in [-0.2, 0) is 5.88 Å². The van der Waals surface area contributed by atoms with Crippen LogP contribution >= 0.6 is 23.4 Å². The number of rotatable bonds is 4. The van der Waals surface area contributed by atoms with Crippen LogP contribution in [0, 0.1) is 6.92 Å². The van der Waals surface area contributed by atoms with Gasteiger partial charge in [0.15, 0.2) is 5.16 Å². The smallest absolute Gasteiger partial charge is 0.268 e. The van der Waals surface area contributed by atoms with Crippen LogP contribution in [0.4, 0.5) is 0 Å². The molecule has 0 saturated heterocycles. The van der Waals surface area contributed by atoms with E-state index >= 15 is 0 Å². The first kappa shape index (κ1) is 20.4. The number of aryl methyl sites for hydroxylation is 1.